The molecular formula is C15H22N2O2S. The number of likely N-dealkylation sites (tertiary alicyclic amines) is 1. The Morgan fingerprint density at radius 2 is 2.10 bits per heavy atom. The van der Waals surface area contributed by atoms with Crippen molar-refractivity contribution in [2.75, 3.05) is 20.2 Å². The molecule has 0 unspecified atom stereocenters. The Hall–Kier alpha value is -1.17. The van der Waals surface area contributed by atoms with E-state index in [2.05, 4.69) is 4.90 Å². The zero-order valence-corrected chi connectivity index (χ0v) is 12.9. The molecule has 1 aromatic rings. The zero-order chi connectivity index (χ0) is 14.8. The fraction of sp³-hybridized carbons (Fsp3) is 0.533. The number of thiocarbonyl (C=S) groups is 1. The van der Waals surface area contributed by atoms with E-state index in [0.29, 0.717) is 4.99 Å². The lowest BCUT2D eigenvalue weighted by atomic mass is 9.93. The topological polar surface area (TPSA) is 58.7 Å². The summed E-state index contributed by atoms with van der Waals surface area (Å²) in [5.41, 5.74) is 7.10. The Labute approximate surface area is 125 Å². The quantitative estimate of drug-likeness (QED) is 0.827. The van der Waals surface area contributed by atoms with Gasteiger partial charge in [-0.15, -0.1) is 0 Å². The van der Waals surface area contributed by atoms with Crippen LogP contribution in [0, 0.1) is 0 Å². The number of methoxy groups -OCH3 is 1. The fourth-order valence-corrected chi connectivity index (χ4v) is 2.62. The second-order valence-corrected chi connectivity index (χ2v) is 6.10. The first-order valence-corrected chi connectivity index (χ1v) is 7.23. The van der Waals surface area contributed by atoms with Gasteiger partial charge in [0.2, 0.25) is 0 Å². The van der Waals surface area contributed by atoms with Gasteiger partial charge in [-0.25, -0.2) is 0 Å². The lowest BCUT2D eigenvalue weighted by Gasteiger charge is -2.36. The summed E-state index contributed by atoms with van der Waals surface area (Å²) in [6.07, 6.45) is 1.59. The minimum atomic E-state index is -0.527. The Balaban J connectivity index is 2.12. The summed E-state index contributed by atoms with van der Waals surface area (Å²) >= 11 is 5.03. The van der Waals surface area contributed by atoms with Crippen molar-refractivity contribution in [1.82, 2.24) is 4.90 Å². The molecule has 1 heterocycles. The SMILES string of the molecule is COc1ccc(C(N)=S)cc1CN1CCC(C)(O)CC1. The third-order valence-electron chi connectivity index (χ3n) is 3.89. The van der Waals surface area contributed by atoms with Gasteiger partial charge in [0.25, 0.3) is 0 Å². The van der Waals surface area contributed by atoms with Gasteiger partial charge in [-0.3, -0.25) is 4.90 Å². The highest BCUT2D eigenvalue weighted by Gasteiger charge is 2.27. The van der Waals surface area contributed by atoms with E-state index in [1.54, 1.807) is 7.11 Å². The predicted molar refractivity (Wildman–Crippen MR) is 84.0 cm³/mol. The predicted octanol–water partition coefficient (Wildman–Crippen LogP) is 1.68. The summed E-state index contributed by atoms with van der Waals surface area (Å²) in [4.78, 5) is 2.72. The van der Waals surface area contributed by atoms with Crippen molar-refractivity contribution < 1.29 is 9.84 Å². The number of benzene rings is 1. The Morgan fingerprint density at radius 3 is 2.65 bits per heavy atom. The molecule has 4 nitrogen and oxygen atoms in total. The smallest absolute Gasteiger partial charge is 0.123 e. The van der Waals surface area contributed by atoms with Crippen LogP contribution in [0.1, 0.15) is 30.9 Å². The molecule has 0 saturated carbocycles. The number of piperidine rings is 1. The molecule has 1 saturated heterocycles. The van der Waals surface area contributed by atoms with Crippen LogP contribution in [-0.2, 0) is 6.54 Å². The van der Waals surface area contributed by atoms with E-state index in [1.807, 2.05) is 25.1 Å². The molecule has 3 N–H and O–H groups in total. The summed E-state index contributed by atoms with van der Waals surface area (Å²) < 4.78 is 5.40. The molecule has 0 atom stereocenters. The van der Waals surface area contributed by atoms with Crippen molar-refractivity contribution in [3.05, 3.63) is 29.3 Å². The molecule has 0 aliphatic carbocycles. The maximum absolute atomic E-state index is 9.99. The summed E-state index contributed by atoms with van der Waals surface area (Å²) in [7, 11) is 1.67. The van der Waals surface area contributed by atoms with Gasteiger partial charge in [-0.05, 0) is 38.0 Å². The molecule has 20 heavy (non-hydrogen) atoms. The highest BCUT2D eigenvalue weighted by Crippen LogP contribution is 2.26. The number of nitrogens with zero attached hydrogens (tertiary/aromatic N) is 1. The van der Waals surface area contributed by atoms with Crippen molar-refractivity contribution in [2.45, 2.75) is 31.9 Å². The fourth-order valence-electron chi connectivity index (χ4n) is 2.49. The van der Waals surface area contributed by atoms with E-state index in [0.717, 1.165) is 49.4 Å². The summed E-state index contributed by atoms with van der Waals surface area (Å²) in [6, 6.07) is 5.78. The average molecular weight is 294 g/mol. The molecule has 1 fully saturated rings. The molecule has 1 aromatic carbocycles. The minimum absolute atomic E-state index is 0.399. The van der Waals surface area contributed by atoms with Crippen LogP contribution in [0.15, 0.2) is 18.2 Å². The van der Waals surface area contributed by atoms with Gasteiger partial charge in [0.1, 0.15) is 10.7 Å². The normalized spacial score (nSPS) is 18.8. The summed E-state index contributed by atoms with van der Waals surface area (Å²) in [6.45, 7) is 4.45. The molecule has 5 heteroatoms. The number of hydrogen-bond acceptors (Lipinski definition) is 4. The summed E-state index contributed by atoms with van der Waals surface area (Å²) in [5.74, 6) is 0.849. The van der Waals surface area contributed by atoms with Crippen molar-refractivity contribution in [3.8, 4) is 5.75 Å². The second kappa shape index (κ2) is 6.08. The van der Waals surface area contributed by atoms with Gasteiger partial charge in [0.05, 0.1) is 12.7 Å². The van der Waals surface area contributed by atoms with Gasteiger partial charge in [0.15, 0.2) is 0 Å². The van der Waals surface area contributed by atoms with E-state index >= 15 is 0 Å². The van der Waals surface area contributed by atoms with Crippen molar-refractivity contribution in [2.24, 2.45) is 5.73 Å². The first-order chi connectivity index (χ1) is 9.41. The van der Waals surface area contributed by atoms with Crippen LogP contribution in [0.5, 0.6) is 5.75 Å². The molecule has 110 valence electrons. The van der Waals surface area contributed by atoms with Gasteiger partial charge >= 0.3 is 0 Å². The molecule has 1 aliphatic heterocycles. The van der Waals surface area contributed by atoms with E-state index in [9.17, 15) is 5.11 Å². The summed E-state index contributed by atoms with van der Waals surface area (Å²) in [5, 5.41) is 9.99. The Morgan fingerprint density at radius 1 is 1.45 bits per heavy atom. The number of nitrogens with two attached hydrogens (primary N) is 1. The van der Waals surface area contributed by atoms with Gasteiger partial charge in [-0.2, -0.15) is 0 Å². The number of hydrogen-bond donors (Lipinski definition) is 2. The lowest BCUT2D eigenvalue weighted by Crippen LogP contribution is -2.42. The van der Waals surface area contributed by atoms with Gasteiger partial charge in [-0.1, -0.05) is 12.2 Å². The third kappa shape index (κ3) is 3.69. The maximum Gasteiger partial charge on any atom is 0.123 e. The molecule has 0 aromatic heterocycles. The Bertz CT molecular complexity index is 493. The third-order valence-corrected chi connectivity index (χ3v) is 4.13. The highest BCUT2D eigenvalue weighted by molar-refractivity contribution is 7.80. The highest BCUT2D eigenvalue weighted by atomic mass is 32.1. The molecule has 1 aliphatic rings. The standard InChI is InChI=1S/C15H22N2O2S/c1-15(18)5-7-17(8-6-15)10-12-9-11(14(16)20)3-4-13(12)19-2/h3-4,9,18H,5-8,10H2,1-2H3,(H2,16,20). The van der Waals surface area contributed by atoms with Crippen molar-refractivity contribution >= 4 is 17.2 Å². The minimum Gasteiger partial charge on any atom is -0.496 e. The molecule has 0 bridgehead atoms. The second-order valence-electron chi connectivity index (χ2n) is 5.66. The maximum atomic E-state index is 9.99. The van der Waals surface area contributed by atoms with E-state index in [-0.39, 0.29) is 0 Å². The van der Waals surface area contributed by atoms with Gasteiger partial charge < -0.3 is 15.6 Å². The van der Waals surface area contributed by atoms with Crippen LogP contribution in [0.3, 0.4) is 0 Å². The lowest BCUT2D eigenvalue weighted by molar-refractivity contribution is -0.00742. The monoisotopic (exact) mass is 294 g/mol. The van der Waals surface area contributed by atoms with E-state index < -0.39 is 5.60 Å². The van der Waals surface area contributed by atoms with Gasteiger partial charge in [0, 0.05) is 30.8 Å². The average Bonchev–Trinajstić information content (AvgIpc) is 2.41. The zero-order valence-electron chi connectivity index (χ0n) is 12.1. The molecule has 0 amide bonds. The van der Waals surface area contributed by atoms with Crippen molar-refractivity contribution in [3.63, 3.8) is 0 Å². The first-order valence-electron chi connectivity index (χ1n) is 6.83. The number of rotatable bonds is 4. The van der Waals surface area contributed by atoms with Crippen LogP contribution >= 0.6 is 12.2 Å². The number of aliphatic hydroxyl groups is 1. The molecule has 0 radical (unpaired) electrons. The van der Waals surface area contributed by atoms with Crippen molar-refractivity contribution in [1.29, 1.82) is 0 Å². The molecule has 2 rings (SSSR count). The van der Waals surface area contributed by atoms with Crippen LogP contribution in [0.4, 0.5) is 0 Å². The van der Waals surface area contributed by atoms with Crippen LogP contribution in [0.2, 0.25) is 0 Å². The van der Waals surface area contributed by atoms with Crippen LogP contribution in [-0.4, -0.2) is 40.8 Å². The number of ether oxygens (including phenoxy) is 1. The van der Waals surface area contributed by atoms with Crippen LogP contribution in [0.25, 0.3) is 0 Å². The van der Waals surface area contributed by atoms with E-state index in [4.69, 9.17) is 22.7 Å². The first kappa shape index (κ1) is 15.2. The molecule has 0 spiro atoms. The molecular weight excluding hydrogens is 272 g/mol. The van der Waals surface area contributed by atoms with E-state index in [1.165, 1.54) is 0 Å². The largest absolute Gasteiger partial charge is 0.496 e. The van der Waals surface area contributed by atoms with Crippen LogP contribution < -0.4 is 10.5 Å². The Kier molecular flexibility index (Phi) is 4.62.